The molecule has 2 aliphatic heterocycles. The van der Waals surface area contributed by atoms with Crippen LogP contribution in [0.1, 0.15) is 24.2 Å². The Morgan fingerprint density at radius 3 is 2.61 bits per heavy atom. The molecule has 3 aromatic rings. The van der Waals surface area contributed by atoms with E-state index in [1.54, 1.807) is 11.1 Å². The standard InChI is InChI=1S/C29H29N5O4/c1-2-34-24-18-33(19-25(35)31-16-14-21-10-6-7-15-30-21)28(36)26(24)27(32-29(34)37)20-9-8-13-23(17-20)38-22-11-4-3-5-12-22/h3-13,15,17,27H,2,14,16,18-19H2,1H3,(H,31,35)(H,32,37)/t27-/m1/s1. The Kier molecular flexibility index (Phi) is 7.35. The SMILES string of the molecule is CCN1C(=O)N[C@H](c2cccc(Oc3ccccc3)c2)C2=C1CN(CC(=O)NCCc1ccccn1)C2=O. The third-order valence-corrected chi connectivity index (χ3v) is 6.55. The molecule has 3 heterocycles. The number of para-hydroxylation sites is 1. The summed E-state index contributed by atoms with van der Waals surface area (Å²) in [6, 6.07) is 21.4. The van der Waals surface area contributed by atoms with Gasteiger partial charge in [-0.05, 0) is 48.9 Å². The third kappa shape index (κ3) is 5.36. The summed E-state index contributed by atoms with van der Waals surface area (Å²) >= 11 is 0. The first-order valence-electron chi connectivity index (χ1n) is 12.6. The van der Waals surface area contributed by atoms with Crippen molar-refractivity contribution in [1.82, 2.24) is 25.4 Å². The molecular weight excluding hydrogens is 482 g/mol. The van der Waals surface area contributed by atoms with Crippen molar-refractivity contribution in [2.75, 3.05) is 26.2 Å². The second-order valence-electron chi connectivity index (χ2n) is 9.06. The van der Waals surface area contributed by atoms with Crippen molar-refractivity contribution < 1.29 is 19.1 Å². The summed E-state index contributed by atoms with van der Waals surface area (Å²) in [5, 5.41) is 5.83. The Labute approximate surface area is 221 Å². The van der Waals surface area contributed by atoms with Crippen LogP contribution in [0.5, 0.6) is 11.5 Å². The highest BCUT2D eigenvalue weighted by molar-refractivity contribution is 6.03. The van der Waals surface area contributed by atoms with Crippen molar-refractivity contribution in [2.24, 2.45) is 0 Å². The van der Waals surface area contributed by atoms with Gasteiger partial charge in [0.05, 0.1) is 23.9 Å². The fraction of sp³-hybridized carbons (Fsp3) is 0.241. The number of rotatable bonds is 9. The van der Waals surface area contributed by atoms with Crippen molar-refractivity contribution in [3.63, 3.8) is 0 Å². The Morgan fingerprint density at radius 1 is 1.05 bits per heavy atom. The van der Waals surface area contributed by atoms with Crippen molar-refractivity contribution in [3.05, 3.63) is 102 Å². The van der Waals surface area contributed by atoms with Gasteiger partial charge in [0.1, 0.15) is 18.0 Å². The van der Waals surface area contributed by atoms with E-state index < -0.39 is 6.04 Å². The maximum atomic E-state index is 13.6. The lowest BCUT2D eigenvalue weighted by Gasteiger charge is -2.33. The molecule has 9 nitrogen and oxygen atoms in total. The van der Waals surface area contributed by atoms with E-state index in [0.29, 0.717) is 42.3 Å². The molecule has 5 rings (SSSR count). The predicted molar refractivity (Wildman–Crippen MR) is 141 cm³/mol. The normalized spacial score (nSPS) is 16.8. The number of aromatic nitrogens is 1. The highest BCUT2D eigenvalue weighted by atomic mass is 16.5. The van der Waals surface area contributed by atoms with Crippen molar-refractivity contribution in [3.8, 4) is 11.5 Å². The molecular formula is C29H29N5O4. The van der Waals surface area contributed by atoms with Gasteiger partial charge in [0.15, 0.2) is 0 Å². The summed E-state index contributed by atoms with van der Waals surface area (Å²) in [4.78, 5) is 46.5. The molecule has 0 spiro atoms. The van der Waals surface area contributed by atoms with Crippen LogP contribution >= 0.6 is 0 Å². The first kappa shape index (κ1) is 25.0. The zero-order valence-corrected chi connectivity index (χ0v) is 21.1. The fourth-order valence-electron chi connectivity index (χ4n) is 4.75. The maximum absolute atomic E-state index is 13.6. The molecule has 0 bridgehead atoms. The van der Waals surface area contributed by atoms with Crippen LogP contribution < -0.4 is 15.4 Å². The largest absolute Gasteiger partial charge is 0.457 e. The number of carbonyl (C=O) groups is 3. The van der Waals surface area contributed by atoms with Crippen LogP contribution in [0.2, 0.25) is 0 Å². The van der Waals surface area contributed by atoms with E-state index in [0.717, 1.165) is 11.3 Å². The van der Waals surface area contributed by atoms with E-state index in [9.17, 15) is 14.4 Å². The number of amides is 4. The van der Waals surface area contributed by atoms with Gasteiger partial charge in [0.25, 0.3) is 5.91 Å². The van der Waals surface area contributed by atoms with Gasteiger partial charge in [-0.3, -0.25) is 19.5 Å². The lowest BCUT2D eigenvalue weighted by Crippen LogP contribution is -2.47. The lowest BCUT2D eigenvalue weighted by molar-refractivity contribution is -0.131. The predicted octanol–water partition coefficient (Wildman–Crippen LogP) is 3.42. The molecule has 0 saturated carbocycles. The summed E-state index contributed by atoms with van der Waals surface area (Å²) in [6.45, 7) is 2.79. The zero-order chi connectivity index (χ0) is 26.5. The van der Waals surface area contributed by atoms with Crippen LogP contribution in [-0.2, 0) is 16.0 Å². The van der Waals surface area contributed by atoms with Gasteiger partial charge in [0, 0.05) is 31.4 Å². The number of nitrogens with one attached hydrogen (secondary N) is 2. The fourth-order valence-corrected chi connectivity index (χ4v) is 4.75. The van der Waals surface area contributed by atoms with Crippen molar-refractivity contribution in [2.45, 2.75) is 19.4 Å². The number of pyridine rings is 1. The summed E-state index contributed by atoms with van der Waals surface area (Å²) in [5.41, 5.74) is 2.71. The number of benzene rings is 2. The molecule has 194 valence electrons. The highest BCUT2D eigenvalue weighted by Gasteiger charge is 2.44. The van der Waals surface area contributed by atoms with Gasteiger partial charge >= 0.3 is 6.03 Å². The summed E-state index contributed by atoms with van der Waals surface area (Å²) in [5.74, 6) is 0.758. The number of hydrogen-bond acceptors (Lipinski definition) is 5. The molecule has 0 radical (unpaired) electrons. The minimum Gasteiger partial charge on any atom is -0.457 e. The topological polar surface area (TPSA) is 104 Å². The Hall–Kier alpha value is -4.66. The minimum absolute atomic E-state index is 0.0936. The number of carbonyl (C=O) groups excluding carboxylic acids is 3. The van der Waals surface area contributed by atoms with Crippen LogP contribution in [0.4, 0.5) is 4.79 Å². The van der Waals surface area contributed by atoms with Crippen LogP contribution in [0.25, 0.3) is 0 Å². The molecule has 1 atom stereocenters. The summed E-state index contributed by atoms with van der Waals surface area (Å²) < 4.78 is 5.97. The molecule has 2 N–H and O–H groups in total. The maximum Gasteiger partial charge on any atom is 0.322 e. The molecule has 1 aromatic heterocycles. The number of likely N-dealkylation sites (N-methyl/N-ethyl adjacent to an activating group) is 1. The number of hydrogen-bond donors (Lipinski definition) is 2. The van der Waals surface area contributed by atoms with E-state index >= 15 is 0 Å². The minimum atomic E-state index is -0.649. The molecule has 9 heteroatoms. The third-order valence-electron chi connectivity index (χ3n) is 6.55. The number of ether oxygens (including phenoxy) is 1. The second kappa shape index (κ2) is 11.2. The van der Waals surface area contributed by atoms with Gasteiger partial charge in [-0.1, -0.05) is 36.4 Å². The lowest BCUT2D eigenvalue weighted by atomic mass is 9.95. The quantitative estimate of drug-likeness (QED) is 0.458. The zero-order valence-electron chi connectivity index (χ0n) is 21.1. The van der Waals surface area contributed by atoms with Crippen molar-refractivity contribution >= 4 is 17.8 Å². The van der Waals surface area contributed by atoms with Gasteiger partial charge in [-0.15, -0.1) is 0 Å². The van der Waals surface area contributed by atoms with Gasteiger partial charge < -0.3 is 20.3 Å². The van der Waals surface area contributed by atoms with E-state index in [2.05, 4.69) is 15.6 Å². The van der Waals surface area contributed by atoms with E-state index in [1.165, 1.54) is 4.90 Å². The average Bonchev–Trinajstić information content (AvgIpc) is 3.24. The molecule has 0 unspecified atom stereocenters. The molecule has 38 heavy (non-hydrogen) atoms. The molecule has 0 aliphatic carbocycles. The first-order valence-corrected chi connectivity index (χ1v) is 12.6. The van der Waals surface area contributed by atoms with E-state index in [-0.39, 0.29) is 30.9 Å². The Morgan fingerprint density at radius 2 is 1.84 bits per heavy atom. The van der Waals surface area contributed by atoms with Crippen LogP contribution in [0.15, 0.2) is 90.3 Å². The molecule has 0 fully saturated rings. The number of urea groups is 1. The van der Waals surface area contributed by atoms with E-state index in [4.69, 9.17) is 4.74 Å². The summed E-state index contributed by atoms with van der Waals surface area (Å²) in [6.07, 6.45) is 2.31. The number of nitrogens with zero attached hydrogens (tertiary/aromatic N) is 3. The first-order chi connectivity index (χ1) is 18.5. The Bertz CT molecular complexity index is 1360. The molecule has 0 saturated heterocycles. The van der Waals surface area contributed by atoms with Crippen LogP contribution in [0.3, 0.4) is 0 Å². The van der Waals surface area contributed by atoms with Crippen molar-refractivity contribution in [1.29, 1.82) is 0 Å². The Balaban J connectivity index is 1.31. The summed E-state index contributed by atoms with van der Waals surface area (Å²) in [7, 11) is 0. The van der Waals surface area contributed by atoms with Gasteiger partial charge in [0.2, 0.25) is 5.91 Å². The second-order valence-corrected chi connectivity index (χ2v) is 9.06. The highest BCUT2D eigenvalue weighted by Crippen LogP contribution is 2.37. The van der Waals surface area contributed by atoms with E-state index in [1.807, 2.05) is 79.7 Å². The monoisotopic (exact) mass is 511 g/mol. The molecule has 4 amide bonds. The smallest absolute Gasteiger partial charge is 0.322 e. The van der Waals surface area contributed by atoms with Gasteiger partial charge in [-0.25, -0.2) is 4.79 Å². The van der Waals surface area contributed by atoms with Crippen LogP contribution in [0, 0.1) is 0 Å². The average molecular weight is 512 g/mol. The molecule has 2 aromatic carbocycles. The van der Waals surface area contributed by atoms with Gasteiger partial charge in [-0.2, -0.15) is 0 Å². The van der Waals surface area contributed by atoms with Crippen LogP contribution in [-0.4, -0.2) is 58.8 Å². The molecule has 2 aliphatic rings.